The highest BCUT2D eigenvalue weighted by Crippen LogP contribution is 2.29. The summed E-state index contributed by atoms with van der Waals surface area (Å²) < 4.78 is 5.15. The van der Waals surface area contributed by atoms with Crippen molar-refractivity contribution in [2.75, 3.05) is 7.11 Å². The molecule has 0 fully saturated rings. The smallest absolute Gasteiger partial charge is 0.137 e. The molecule has 2 nitrogen and oxygen atoms in total. The summed E-state index contributed by atoms with van der Waals surface area (Å²) in [6.45, 7) is 2.20. The van der Waals surface area contributed by atoms with Gasteiger partial charge in [0.2, 0.25) is 0 Å². The topological polar surface area (TPSA) is 29.5 Å². The van der Waals surface area contributed by atoms with Crippen molar-refractivity contribution in [3.8, 4) is 5.75 Å². The SMILES string of the molecule is CCCCCCCC(O)c1ccc(Cl)c(OC)c1. The molecule has 1 unspecified atom stereocenters. The fourth-order valence-electron chi connectivity index (χ4n) is 1.99. The second kappa shape index (κ2) is 8.39. The van der Waals surface area contributed by atoms with Gasteiger partial charge in [0, 0.05) is 0 Å². The van der Waals surface area contributed by atoms with Gasteiger partial charge in [0.25, 0.3) is 0 Å². The Balaban J connectivity index is 2.43. The molecule has 3 heteroatoms. The maximum Gasteiger partial charge on any atom is 0.137 e. The number of rotatable bonds is 8. The summed E-state index contributed by atoms with van der Waals surface area (Å²) in [4.78, 5) is 0. The number of aliphatic hydroxyl groups excluding tert-OH is 1. The number of unbranched alkanes of at least 4 members (excludes halogenated alkanes) is 4. The third-order valence-electron chi connectivity index (χ3n) is 3.14. The monoisotopic (exact) mass is 270 g/mol. The van der Waals surface area contributed by atoms with E-state index >= 15 is 0 Å². The number of benzene rings is 1. The molecular weight excluding hydrogens is 248 g/mol. The average Bonchev–Trinajstić information content (AvgIpc) is 2.38. The molecule has 0 saturated heterocycles. The van der Waals surface area contributed by atoms with Crippen LogP contribution in [0.3, 0.4) is 0 Å². The second-order valence-corrected chi connectivity index (χ2v) is 5.02. The van der Waals surface area contributed by atoms with Gasteiger partial charge >= 0.3 is 0 Å². The van der Waals surface area contributed by atoms with Crippen LogP contribution in [0.2, 0.25) is 5.02 Å². The van der Waals surface area contributed by atoms with Crippen LogP contribution >= 0.6 is 11.6 Å². The molecular formula is C15H23ClO2. The first-order chi connectivity index (χ1) is 8.69. The molecule has 0 saturated carbocycles. The maximum atomic E-state index is 10.1. The molecule has 1 N–H and O–H groups in total. The van der Waals surface area contributed by atoms with Gasteiger partial charge < -0.3 is 9.84 Å². The molecule has 0 aliphatic rings. The Morgan fingerprint density at radius 2 is 1.94 bits per heavy atom. The predicted molar refractivity (Wildman–Crippen MR) is 76.3 cm³/mol. The van der Waals surface area contributed by atoms with E-state index in [4.69, 9.17) is 16.3 Å². The van der Waals surface area contributed by atoms with Gasteiger partial charge in [-0.05, 0) is 24.1 Å². The molecule has 102 valence electrons. The summed E-state index contributed by atoms with van der Waals surface area (Å²) in [5, 5.41) is 10.7. The fraction of sp³-hybridized carbons (Fsp3) is 0.600. The van der Waals surface area contributed by atoms with Crippen molar-refractivity contribution >= 4 is 11.6 Å². The lowest BCUT2D eigenvalue weighted by molar-refractivity contribution is 0.163. The van der Waals surface area contributed by atoms with E-state index in [0.717, 1.165) is 18.4 Å². The lowest BCUT2D eigenvalue weighted by Crippen LogP contribution is -1.98. The van der Waals surface area contributed by atoms with E-state index in [2.05, 4.69) is 6.92 Å². The Kier molecular flexibility index (Phi) is 7.14. The van der Waals surface area contributed by atoms with Gasteiger partial charge in [0.05, 0.1) is 18.2 Å². The number of aliphatic hydroxyl groups is 1. The van der Waals surface area contributed by atoms with Crippen molar-refractivity contribution in [2.45, 2.75) is 51.6 Å². The normalized spacial score (nSPS) is 12.4. The summed E-state index contributed by atoms with van der Waals surface area (Å²) >= 11 is 5.96. The predicted octanol–water partition coefficient (Wildman–Crippen LogP) is 4.74. The minimum Gasteiger partial charge on any atom is -0.495 e. The summed E-state index contributed by atoms with van der Waals surface area (Å²) in [5.74, 6) is 0.624. The van der Waals surface area contributed by atoms with Crippen molar-refractivity contribution in [3.05, 3.63) is 28.8 Å². The Labute approximate surface area is 115 Å². The van der Waals surface area contributed by atoms with Gasteiger partial charge in [0.15, 0.2) is 0 Å². The van der Waals surface area contributed by atoms with Crippen molar-refractivity contribution in [3.63, 3.8) is 0 Å². The molecule has 0 aliphatic carbocycles. The number of methoxy groups -OCH3 is 1. The van der Waals surface area contributed by atoms with Crippen LogP contribution < -0.4 is 4.74 Å². The molecule has 18 heavy (non-hydrogen) atoms. The van der Waals surface area contributed by atoms with Gasteiger partial charge in [-0.15, -0.1) is 0 Å². The zero-order valence-electron chi connectivity index (χ0n) is 11.3. The van der Waals surface area contributed by atoms with E-state index in [-0.39, 0.29) is 0 Å². The van der Waals surface area contributed by atoms with Crippen LogP contribution in [0.1, 0.15) is 57.1 Å². The molecule has 0 aliphatic heterocycles. The number of halogens is 1. The van der Waals surface area contributed by atoms with E-state index in [1.54, 1.807) is 13.2 Å². The van der Waals surface area contributed by atoms with Crippen LogP contribution in [0.4, 0.5) is 0 Å². The maximum absolute atomic E-state index is 10.1. The van der Waals surface area contributed by atoms with Crippen molar-refractivity contribution in [1.82, 2.24) is 0 Å². The van der Waals surface area contributed by atoms with Gasteiger partial charge in [-0.25, -0.2) is 0 Å². The van der Waals surface area contributed by atoms with Crippen molar-refractivity contribution < 1.29 is 9.84 Å². The number of hydrogen-bond donors (Lipinski definition) is 1. The lowest BCUT2D eigenvalue weighted by Gasteiger charge is -2.12. The van der Waals surface area contributed by atoms with Gasteiger partial charge in [-0.1, -0.05) is 56.7 Å². The van der Waals surface area contributed by atoms with Crippen LogP contribution in [-0.4, -0.2) is 12.2 Å². The Bertz CT molecular complexity index is 352. The van der Waals surface area contributed by atoms with E-state index in [9.17, 15) is 5.11 Å². The van der Waals surface area contributed by atoms with Crippen molar-refractivity contribution in [2.24, 2.45) is 0 Å². The first kappa shape index (κ1) is 15.3. The number of hydrogen-bond acceptors (Lipinski definition) is 2. The van der Waals surface area contributed by atoms with E-state index < -0.39 is 6.10 Å². The summed E-state index contributed by atoms with van der Waals surface area (Å²) in [6, 6.07) is 5.45. The van der Waals surface area contributed by atoms with Crippen LogP contribution in [0, 0.1) is 0 Å². The van der Waals surface area contributed by atoms with Gasteiger partial charge in [-0.3, -0.25) is 0 Å². The second-order valence-electron chi connectivity index (χ2n) is 4.61. The summed E-state index contributed by atoms with van der Waals surface area (Å²) in [6.07, 6.45) is 6.42. The minimum atomic E-state index is -0.419. The Morgan fingerprint density at radius 3 is 2.61 bits per heavy atom. The molecule has 0 heterocycles. The van der Waals surface area contributed by atoms with Crippen LogP contribution in [0.25, 0.3) is 0 Å². The molecule has 0 aromatic heterocycles. The standard InChI is InChI=1S/C15H23ClO2/c1-3-4-5-6-7-8-14(17)12-9-10-13(16)15(11-12)18-2/h9-11,14,17H,3-8H2,1-2H3. The quantitative estimate of drug-likeness (QED) is 0.691. The Morgan fingerprint density at radius 1 is 1.22 bits per heavy atom. The zero-order valence-corrected chi connectivity index (χ0v) is 12.0. The third-order valence-corrected chi connectivity index (χ3v) is 3.45. The number of ether oxygens (including phenoxy) is 1. The average molecular weight is 271 g/mol. The fourth-order valence-corrected chi connectivity index (χ4v) is 2.19. The first-order valence-electron chi connectivity index (χ1n) is 6.70. The third kappa shape index (κ3) is 4.87. The molecule has 0 spiro atoms. The first-order valence-corrected chi connectivity index (χ1v) is 7.08. The van der Waals surface area contributed by atoms with E-state index in [1.165, 1.54) is 25.7 Å². The molecule has 1 atom stereocenters. The van der Waals surface area contributed by atoms with Crippen LogP contribution in [0.5, 0.6) is 5.75 Å². The van der Waals surface area contributed by atoms with Gasteiger partial charge in [0.1, 0.15) is 5.75 Å². The summed E-state index contributed by atoms with van der Waals surface area (Å²) in [7, 11) is 1.59. The highest BCUT2D eigenvalue weighted by molar-refractivity contribution is 6.32. The molecule has 0 amide bonds. The van der Waals surface area contributed by atoms with Crippen LogP contribution in [-0.2, 0) is 0 Å². The molecule has 0 radical (unpaired) electrons. The Hall–Kier alpha value is -0.730. The highest BCUT2D eigenvalue weighted by atomic mass is 35.5. The minimum absolute atomic E-state index is 0.419. The summed E-state index contributed by atoms with van der Waals surface area (Å²) in [5.41, 5.74) is 0.881. The van der Waals surface area contributed by atoms with Crippen molar-refractivity contribution in [1.29, 1.82) is 0 Å². The molecule has 1 aromatic rings. The van der Waals surface area contributed by atoms with E-state index in [1.807, 2.05) is 12.1 Å². The molecule has 0 bridgehead atoms. The highest BCUT2D eigenvalue weighted by Gasteiger charge is 2.10. The van der Waals surface area contributed by atoms with E-state index in [0.29, 0.717) is 10.8 Å². The zero-order chi connectivity index (χ0) is 13.4. The largest absolute Gasteiger partial charge is 0.495 e. The van der Waals surface area contributed by atoms with Crippen LogP contribution in [0.15, 0.2) is 18.2 Å². The lowest BCUT2D eigenvalue weighted by atomic mass is 10.0. The molecule has 1 aromatic carbocycles. The molecule has 1 rings (SSSR count). The van der Waals surface area contributed by atoms with Gasteiger partial charge in [-0.2, -0.15) is 0 Å².